The fraction of sp³-hybridized carbons (Fsp3) is 0.500. The predicted molar refractivity (Wildman–Crippen MR) is 76.2 cm³/mol. The van der Waals surface area contributed by atoms with Crippen molar-refractivity contribution in [2.24, 2.45) is 5.41 Å². The highest BCUT2D eigenvalue weighted by Gasteiger charge is 2.43. The molecule has 0 saturated carbocycles. The van der Waals surface area contributed by atoms with Gasteiger partial charge in [0.05, 0.1) is 5.41 Å². The van der Waals surface area contributed by atoms with Crippen molar-refractivity contribution in [2.45, 2.75) is 25.7 Å². The monoisotopic (exact) mass is 290 g/mol. The minimum Gasteiger partial charge on any atom is -0.356 e. The quantitative estimate of drug-likeness (QED) is 0.859. The molecule has 2 fully saturated rings. The summed E-state index contributed by atoms with van der Waals surface area (Å²) in [6.45, 7) is 1.92. The zero-order valence-corrected chi connectivity index (χ0v) is 11.9. The molecule has 0 bridgehead atoms. The number of nitrogens with zero attached hydrogens (tertiary/aromatic N) is 1. The summed E-state index contributed by atoms with van der Waals surface area (Å²) in [6, 6.07) is 5.78. The third kappa shape index (κ3) is 2.64. The second kappa shape index (κ2) is 5.47. The Balaban J connectivity index is 1.73. The van der Waals surface area contributed by atoms with E-state index in [1.165, 1.54) is 12.1 Å². The van der Waals surface area contributed by atoms with Crippen LogP contribution in [-0.4, -0.2) is 36.3 Å². The smallest absolute Gasteiger partial charge is 0.253 e. The first-order valence-electron chi connectivity index (χ1n) is 7.44. The molecule has 2 aliphatic rings. The molecule has 4 nitrogen and oxygen atoms in total. The third-order valence-electron chi connectivity index (χ3n) is 4.67. The topological polar surface area (TPSA) is 49.4 Å². The second-order valence-electron chi connectivity index (χ2n) is 5.94. The zero-order valence-electron chi connectivity index (χ0n) is 11.9. The number of nitrogens with one attached hydrogen (secondary N) is 1. The van der Waals surface area contributed by atoms with Crippen LogP contribution in [0.15, 0.2) is 24.3 Å². The lowest BCUT2D eigenvalue weighted by molar-refractivity contribution is -0.128. The first-order valence-corrected chi connectivity index (χ1v) is 7.44. The molecule has 1 unspecified atom stereocenters. The van der Waals surface area contributed by atoms with Crippen LogP contribution in [0.2, 0.25) is 0 Å². The van der Waals surface area contributed by atoms with E-state index in [-0.39, 0.29) is 17.2 Å². The van der Waals surface area contributed by atoms with Crippen molar-refractivity contribution in [2.75, 3.05) is 19.6 Å². The van der Waals surface area contributed by atoms with Crippen molar-refractivity contribution in [1.29, 1.82) is 0 Å². The van der Waals surface area contributed by atoms with E-state index in [4.69, 9.17) is 0 Å². The van der Waals surface area contributed by atoms with Crippen molar-refractivity contribution in [3.8, 4) is 0 Å². The number of hydrogen-bond acceptors (Lipinski definition) is 2. The number of amides is 2. The Hall–Kier alpha value is -1.91. The molecule has 2 saturated heterocycles. The molecular formula is C16H19FN2O2. The summed E-state index contributed by atoms with van der Waals surface area (Å²) < 4.78 is 13.2. The maximum Gasteiger partial charge on any atom is 0.253 e. The highest BCUT2D eigenvalue weighted by molar-refractivity contribution is 5.94. The SMILES string of the molecule is O=C(c1cccc(F)c1)N1CCCC2(CCNC2=O)CC1. The fourth-order valence-electron chi connectivity index (χ4n) is 3.39. The Bertz CT molecular complexity index is 575. The molecule has 0 aromatic heterocycles. The van der Waals surface area contributed by atoms with Gasteiger partial charge in [-0.05, 0) is 43.9 Å². The van der Waals surface area contributed by atoms with Crippen LogP contribution in [0.5, 0.6) is 0 Å². The molecule has 112 valence electrons. The van der Waals surface area contributed by atoms with Gasteiger partial charge in [-0.25, -0.2) is 4.39 Å². The van der Waals surface area contributed by atoms with Gasteiger partial charge < -0.3 is 10.2 Å². The molecule has 2 amide bonds. The molecule has 1 N–H and O–H groups in total. The van der Waals surface area contributed by atoms with Gasteiger partial charge in [0.2, 0.25) is 5.91 Å². The van der Waals surface area contributed by atoms with Gasteiger partial charge in [0.25, 0.3) is 5.91 Å². The Morgan fingerprint density at radius 1 is 1.24 bits per heavy atom. The van der Waals surface area contributed by atoms with Gasteiger partial charge in [-0.15, -0.1) is 0 Å². The summed E-state index contributed by atoms with van der Waals surface area (Å²) in [6.07, 6.45) is 3.19. The Labute approximate surface area is 123 Å². The molecule has 1 aromatic carbocycles. The van der Waals surface area contributed by atoms with Crippen LogP contribution in [0.3, 0.4) is 0 Å². The van der Waals surface area contributed by atoms with E-state index in [1.54, 1.807) is 17.0 Å². The van der Waals surface area contributed by atoms with E-state index in [0.29, 0.717) is 25.1 Å². The molecular weight excluding hydrogens is 271 g/mol. The average Bonchev–Trinajstić information content (AvgIpc) is 2.71. The molecule has 5 heteroatoms. The lowest BCUT2D eigenvalue weighted by Gasteiger charge is -2.24. The lowest BCUT2D eigenvalue weighted by atomic mass is 9.79. The van der Waals surface area contributed by atoms with Crippen LogP contribution in [0.1, 0.15) is 36.0 Å². The number of rotatable bonds is 1. The van der Waals surface area contributed by atoms with Crippen LogP contribution < -0.4 is 5.32 Å². The van der Waals surface area contributed by atoms with Crippen molar-refractivity contribution >= 4 is 11.8 Å². The molecule has 1 atom stereocenters. The molecule has 0 aliphatic carbocycles. The van der Waals surface area contributed by atoms with Crippen molar-refractivity contribution < 1.29 is 14.0 Å². The van der Waals surface area contributed by atoms with Crippen LogP contribution >= 0.6 is 0 Å². The molecule has 1 aromatic rings. The molecule has 21 heavy (non-hydrogen) atoms. The van der Waals surface area contributed by atoms with E-state index in [1.807, 2.05) is 0 Å². The van der Waals surface area contributed by atoms with Gasteiger partial charge in [0, 0.05) is 25.2 Å². The van der Waals surface area contributed by atoms with Crippen LogP contribution in [0, 0.1) is 11.2 Å². The third-order valence-corrected chi connectivity index (χ3v) is 4.67. The van der Waals surface area contributed by atoms with E-state index >= 15 is 0 Å². The minimum atomic E-state index is -0.401. The van der Waals surface area contributed by atoms with E-state index in [9.17, 15) is 14.0 Å². The number of hydrogen-bond donors (Lipinski definition) is 1. The minimum absolute atomic E-state index is 0.127. The van der Waals surface area contributed by atoms with Gasteiger partial charge in [0.15, 0.2) is 0 Å². The number of carbonyl (C=O) groups is 2. The van der Waals surface area contributed by atoms with Crippen molar-refractivity contribution in [3.05, 3.63) is 35.6 Å². The summed E-state index contributed by atoms with van der Waals surface area (Å²) in [5, 5.41) is 2.90. The lowest BCUT2D eigenvalue weighted by Crippen LogP contribution is -2.35. The number of carbonyl (C=O) groups excluding carboxylic acids is 2. The van der Waals surface area contributed by atoms with Gasteiger partial charge in [-0.1, -0.05) is 6.07 Å². The Morgan fingerprint density at radius 2 is 2.10 bits per heavy atom. The van der Waals surface area contributed by atoms with Gasteiger partial charge >= 0.3 is 0 Å². The largest absolute Gasteiger partial charge is 0.356 e. The van der Waals surface area contributed by atoms with Crippen LogP contribution in [0.25, 0.3) is 0 Å². The number of likely N-dealkylation sites (tertiary alicyclic amines) is 1. The highest BCUT2D eigenvalue weighted by atomic mass is 19.1. The van der Waals surface area contributed by atoms with Crippen LogP contribution in [0.4, 0.5) is 4.39 Å². The zero-order chi connectivity index (χ0) is 14.9. The molecule has 3 rings (SSSR count). The standard InChI is InChI=1S/C16H19FN2O2/c17-13-4-1-3-12(11-13)14(20)19-9-2-5-16(7-10-19)6-8-18-15(16)21/h1,3-4,11H,2,5-10H2,(H,18,21). The first-order chi connectivity index (χ1) is 10.1. The molecule has 2 heterocycles. The number of benzene rings is 1. The summed E-state index contributed by atoms with van der Waals surface area (Å²) in [4.78, 5) is 26.2. The first kappa shape index (κ1) is 14.0. The van der Waals surface area contributed by atoms with E-state index < -0.39 is 5.82 Å². The summed E-state index contributed by atoms with van der Waals surface area (Å²) >= 11 is 0. The Morgan fingerprint density at radius 3 is 2.81 bits per heavy atom. The average molecular weight is 290 g/mol. The summed E-state index contributed by atoms with van der Waals surface area (Å²) in [5.74, 6) is -0.421. The molecule has 1 spiro atoms. The maximum absolute atomic E-state index is 13.2. The summed E-state index contributed by atoms with van der Waals surface area (Å²) in [5.41, 5.74) is 0.0820. The normalized spacial score (nSPS) is 25.8. The van der Waals surface area contributed by atoms with E-state index in [0.717, 1.165) is 25.8 Å². The van der Waals surface area contributed by atoms with E-state index in [2.05, 4.69) is 5.32 Å². The second-order valence-corrected chi connectivity index (χ2v) is 5.94. The molecule has 2 aliphatic heterocycles. The predicted octanol–water partition coefficient (Wildman–Crippen LogP) is 1.96. The molecule has 0 radical (unpaired) electrons. The van der Waals surface area contributed by atoms with Crippen LogP contribution in [-0.2, 0) is 4.79 Å². The summed E-state index contributed by atoms with van der Waals surface area (Å²) in [7, 11) is 0. The fourth-order valence-corrected chi connectivity index (χ4v) is 3.39. The number of halogens is 1. The maximum atomic E-state index is 13.2. The van der Waals surface area contributed by atoms with Gasteiger partial charge in [-0.3, -0.25) is 9.59 Å². The van der Waals surface area contributed by atoms with Gasteiger partial charge in [-0.2, -0.15) is 0 Å². The van der Waals surface area contributed by atoms with Gasteiger partial charge in [0.1, 0.15) is 5.82 Å². The highest BCUT2D eigenvalue weighted by Crippen LogP contribution is 2.38. The van der Waals surface area contributed by atoms with Crippen molar-refractivity contribution in [3.63, 3.8) is 0 Å². The Kier molecular flexibility index (Phi) is 3.66. The van der Waals surface area contributed by atoms with Crippen molar-refractivity contribution in [1.82, 2.24) is 10.2 Å².